The third-order valence-corrected chi connectivity index (χ3v) is 4.14. The summed E-state index contributed by atoms with van der Waals surface area (Å²) >= 11 is 0. The lowest BCUT2D eigenvalue weighted by Crippen LogP contribution is -2.48. The van der Waals surface area contributed by atoms with Gasteiger partial charge in [-0.05, 0) is 37.4 Å². The molecule has 1 fully saturated rings. The zero-order valence-electron chi connectivity index (χ0n) is 12.1. The van der Waals surface area contributed by atoms with Crippen LogP contribution in [0.4, 0.5) is 5.69 Å². The lowest BCUT2D eigenvalue weighted by atomic mass is 9.68. The monoisotopic (exact) mass is 260 g/mol. The van der Waals surface area contributed by atoms with Gasteiger partial charge in [0.2, 0.25) is 5.91 Å². The van der Waals surface area contributed by atoms with Crippen LogP contribution in [0.5, 0.6) is 0 Å². The van der Waals surface area contributed by atoms with E-state index in [4.69, 9.17) is 0 Å². The van der Waals surface area contributed by atoms with E-state index >= 15 is 0 Å². The first-order chi connectivity index (χ1) is 9.09. The van der Waals surface area contributed by atoms with Crippen LogP contribution in [0.25, 0.3) is 0 Å². The zero-order valence-corrected chi connectivity index (χ0v) is 12.1. The average Bonchev–Trinajstić information content (AvgIpc) is 2.34. The maximum absolute atomic E-state index is 12.5. The number of anilines is 1. The van der Waals surface area contributed by atoms with E-state index in [-0.39, 0.29) is 11.3 Å². The first-order valence-electron chi connectivity index (χ1n) is 7.14. The van der Waals surface area contributed by atoms with Crippen molar-refractivity contribution in [2.45, 2.75) is 39.0 Å². The molecule has 0 radical (unpaired) electrons. The molecule has 1 amide bonds. The molecule has 1 aromatic rings. The number of para-hydroxylation sites is 1. The minimum Gasteiger partial charge on any atom is -0.325 e. The molecular weight excluding hydrogens is 236 g/mol. The molecule has 2 rings (SSSR count). The number of hydrogen-bond donors (Lipinski definition) is 2. The second-order valence-electron chi connectivity index (χ2n) is 5.86. The lowest BCUT2D eigenvalue weighted by molar-refractivity contribution is -0.129. The van der Waals surface area contributed by atoms with Crippen molar-refractivity contribution in [1.29, 1.82) is 0 Å². The van der Waals surface area contributed by atoms with Gasteiger partial charge in [-0.2, -0.15) is 0 Å². The number of carbonyl (C=O) groups is 1. The summed E-state index contributed by atoms with van der Waals surface area (Å²) < 4.78 is 0. The van der Waals surface area contributed by atoms with Gasteiger partial charge in [-0.3, -0.25) is 4.79 Å². The molecule has 0 saturated heterocycles. The summed E-state index contributed by atoms with van der Waals surface area (Å²) in [5.74, 6) is 0.583. The molecule has 3 nitrogen and oxygen atoms in total. The second kappa shape index (κ2) is 5.74. The van der Waals surface area contributed by atoms with Crippen LogP contribution in [0, 0.1) is 5.41 Å². The molecule has 1 aliphatic rings. The summed E-state index contributed by atoms with van der Waals surface area (Å²) in [5, 5.41) is 6.29. The molecule has 3 heteroatoms. The Morgan fingerprint density at radius 3 is 2.53 bits per heavy atom. The van der Waals surface area contributed by atoms with Gasteiger partial charge in [0.25, 0.3) is 0 Å². The fourth-order valence-electron chi connectivity index (χ4n) is 2.80. The van der Waals surface area contributed by atoms with E-state index in [9.17, 15) is 4.79 Å². The molecule has 2 N–H and O–H groups in total. The van der Waals surface area contributed by atoms with Crippen molar-refractivity contribution in [1.82, 2.24) is 5.32 Å². The number of amides is 1. The van der Waals surface area contributed by atoms with Crippen LogP contribution in [0.15, 0.2) is 24.3 Å². The third kappa shape index (κ3) is 2.81. The molecule has 104 valence electrons. The molecule has 0 atom stereocenters. The Bertz CT molecular complexity index is 450. The first-order valence-corrected chi connectivity index (χ1v) is 7.14. The SMILES string of the molecule is CNCC1(C(=O)Nc2ccccc2C(C)C)CCC1. The van der Waals surface area contributed by atoms with Gasteiger partial charge in [-0.25, -0.2) is 0 Å². The van der Waals surface area contributed by atoms with Gasteiger partial charge < -0.3 is 10.6 Å². The van der Waals surface area contributed by atoms with E-state index in [1.807, 2.05) is 25.2 Å². The summed E-state index contributed by atoms with van der Waals surface area (Å²) in [5.41, 5.74) is 1.97. The normalized spacial score (nSPS) is 17.1. The molecular formula is C16H24N2O. The van der Waals surface area contributed by atoms with Crippen molar-refractivity contribution in [3.63, 3.8) is 0 Å². The predicted molar refractivity (Wildman–Crippen MR) is 79.4 cm³/mol. The van der Waals surface area contributed by atoms with Crippen LogP contribution >= 0.6 is 0 Å². The van der Waals surface area contributed by atoms with E-state index in [2.05, 4.69) is 30.5 Å². The Balaban J connectivity index is 2.15. The number of rotatable bonds is 5. The van der Waals surface area contributed by atoms with E-state index in [1.54, 1.807) is 0 Å². The summed E-state index contributed by atoms with van der Waals surface area (Å²) in [7, 11) is 1.91. The van der Waals surface area contributed by atoms with Crippen molar-refractivity contribution >= 4 is 11.6 Å². The third-order valence-electron chi connectivity index (χ3n) is 4.14. The van der Waals surface area contributed by atoms with Gasteiger partial charge in [-0.15, -0.1) is 0 Å². The summed E-state index contributed by atoms with van der Waals surface area (Å²) in [6.45, 7) is 5.07. The highest BCUT2D eigenvalue weighted by molar-refractivity contribution is 5.96. The standard InChI is InChI=1S/C16H24N2O/c1-12(2)13-7-4-5-8-14(13)18-15(19)16(11-17-3)9-6-10-16/h4-5,7-8,12,17H,6,9-11H2,1-3H3,(H,18,19). The molecule has 0 spiro atoms. The molecule has 0 bridgehead atoms. The molecule has 1 aliphatic carbocycles. The number of nitrogens with one attached hydrogen (secondary N) is 2. The zero-order chi connectivity index (χ0) is 13.9. The van der Waals surface area contributed by atoms with Gasteiger partial charge in [0, 0.05) is 12.2 Å². The minimum atomic E-state index is -0.196. The molecule has 0 aromatic heterocycles. The Labute approximate surface area is 115 Å². The van der Waals surface area contributed by atoms with Gasteiger partial charge in [0.05, 0.1) is 5.41 Å². The summed E-state index contributed by atoms with van der Waals surface area (Å²) in [4.78, 5) is 12.5. The molecule has 0 aliphatic heterocycles. The molecule has 19 heavy (non-hydrogen) atoms. The predicted octanol–water partition coefficient (Wildman–Crippen LogP) is 3.14. The van der Waals surface area contributed by atoms with Crippen molar-refractivity contribution in [3.8, 4) is 0 Å². The highest BCUT2D eigenvalue weighted by Crippen LogP contribution is 2.41. The maximum atomic E-state index is 12.5. The summed E-state index contributed by atoms with van der Waals surface area (Å²) in [6, 6.07) is 8.09. The van der Waals surface area contributed by atoms with Crippen molar-refractivity contribution in [3.05, 3.63) is 29.8 Å². The van der Waals surface area contributed by atoms with Crippen molar-refractivity contribution in [2.24, 2.45) is 5.41 Å². The summed E-state index contributed by atoms with van der Waals surface area (Å²) in [6.07, 6.45) is 3.13. The van der Waals surface area contributed by atoms with E-state index < -0.39 is 0 Å². The van der Waals surface area contributed by atoms with Crippen LogP contribution in [-0.4, -0.2) is 19.5 Å². The maximum Gasteiger partial charge on any atom is 0.231 e. The van der Waals surface area contributed by atoms with E-state index in [0.717, 1.165) is 31.5 Å². The van der Waals surface area contributed by atoms with Gasteiger partial charge >= 0.3 is 0 Å². The van der Waals surface area contributed by atoms with Gasteiger partial charge in [0.15, 0.2) is 0 Å². The highest BCUT2D eigenvalue weighted by atomic mass is 16.2. The minimum absolute atomic E-state index is 0.168. The van der Waals surface area contributed by atoms with Crippen LogP contribution in [0.2, 0.25) is 0 Å². The molecule has 0 unspecified atom stereocenters. The molecule has 1 aromatic carbocycles. The second-order valence-corrected chi connectivity index (χ2v) is 5.86. The lowest BCUT2D eigenvalue weighted by Gasteiger charge is -2.40. The van der Waals surface area contributed by atoms with Crippen LogP contribution < -0.4 is 10.6 Å². The van der Waals surface area contributed by atoms with Crippen LogP contribution in [-0.2, 0) is 4.79 Å². The Hall–Kier alpha value is -1.35. The Morgan fingerprint density at radius 1 is 1.32 bits per heavy atom. The average molecular weight is 260 g/mol. The Morgan fingerprint density at radius 2 is 2.00 bits per heavy atom. The van der Waals surface area contributed by atoms with Gasteiger partial charge in [0.1, 0.15) is 0 Å². The fraction of sp³-hybridized carbons (Fsp3) is 0.562. The molecule has 0 heterocycles. The quantitative estimate of drug-likeness (QED) is 0.854. The highest BCUT2D eigenvalue weighted by Gasteiger charge is 2.43. The van der Waals surface area contributed by atoms with Crippen molar-refractivity contribution in [2.75, 3.05) is 18.9 Å². The number of benzene rings is 1. The van der Waals surface area contributed by atoms with E-state index in [0.29, 0.717) is 5.92 Å². The Kier molecular flexibility index (Phi) is 4.25. The van der Waals surface area contributed by atoms with Crippen LogP contribution in [0.1, 0.15) is 44.6 Å². The fourth-order valence-corrected chi connectivity index (χ4v) is 2.80. The first kappa shape index (κ1) is 14.1. The number of carbonyl (C=O) groups excluding carboxylic acids is 1. The van der Waals surface area contributed by atoms with Crippen LogP contribution in [0.3, 0.4) is 0 Å². The largest absolute Gasteiger partial charge is 0.325 e. The van der Waals surface area contributed by atoms with Crippen molar-refractivity contribution < 1.29 is 4.79 Å². The topological polar surface area (TPSA) is 41.1 Å². The van der Waals surface area contributed by atoms with Gasteiger partial charge in [-0.1, -0.05) is 38.5 Å². The molecule has 1 saturated carbocycles. The van der Waals surface area contributed by atoms with E-state index in [1.165, 1.54) is 5.56 Å². The smallest absolute Gasteiger partial charge is 0.231 e. The number of hydrogen-bond acceptors (Lipinski definition) is 2.